The Morgan fingerprint density at radius 1 is 1.10 bits per heavy atom. The fourth-order valence-corrected chi connectivity index (χ4v) is 3.73. The number of ether oxygens (including phenoxy) is 1. The molecule has 156 valence electrons. The van der Waals surface area contributed by atoms with E-state index in [0.29, 0.717) is 26.3 Å². The molecule has 0 bridgehead atoms. The molecule has 2 aromatic carbocycles. The lowest BCUT2D eigenvalue weighted by atomic mass is 10.0. The number of urea groups is 1. The minimum Gasteiger partial charge on any atom is -0.379 e. The van der Waals surface area contributed by atoms with Crippen molar-refractivity contribution in [3.05, 3.63) is 65.2 Å². The monoisotopic (exact) mass is 416 g/mol. The first-order valence-corrected chi connectivity index (χ1v) is 10.4. The van der Waals surface area contributed by atoms with Gasteiger partial charge in [-0.05, 0) is 23.8 Å². The Morgan fingerprint density at radius 3 is 2.52 bits per heavy atom. The first-order valence-electron chi connectivity index (χ1n) is 9.99. The third kappa shape index (κ3) is 6.35. The molecule has 1 unspecified atom stereocenters. The van der Waals surface area contributed by atoms with E-state index in [1.165, 1.54) is 0 Å². The summed E-state index contributed by atoms with van der Waals surface area (Å²) in [6.07, 6.45) is 0. The Balaban J connectivity index is 1.51. The minimum absolute atomic E-state index is 0.0188. The van der Waals surface area contributed by atoms with Gasteiger partial charge < -0.3 is 20.3 Å². The number of nitrogens with one attached hydrogen (secondary N) is 2. The van der Waals surface area contributed by atoms with E-state index >= 15 is 0 Å². The second-order valence-electron chi connectivity index (χ2n) is 7.08. The van der Waals surface area contributed by atoms with E-state index < -0.39 is 0 Å². The number of hydrogen-bond donors (Lipinski definition) is 2. The van der Waals surface area contributed by atoms with Gasteiger partial charge in [-0.1, -0.05) is 48.0 Å². The predicted molar refractivity (Wildman–Crippen MR) is 118 cm³/mol. The van der Waals surface area contributed by atoms with Crippen LogP contribution in [0, 0.1) is 0 Å². The summed E-state index contributed by atoms with van der Waals surface area (Å²) in [7, 11) is 2.01. The van der Waals surface area contributed by atoms with Crippen LogP contribution in [0.5, 0.6) is 0 Å². The van der Waals surface area contributed by atoms with Gasteiger partial charge in [0.2, 0.25) is 0 Å². The molecule has 1 aliphatic rings. The Kier molecular flexibility index (Phi) is 8.16. The number of carbonyl (C=O) groups excluding carboxylic acids is 1. The molecule has 1 atom stereocenters. The van der Waals surface area contributed by atoms with Crippen LogP contribution in [0.4, 0.5) is 10.5 Å². The average Bonchev–Trinajstić information content (AvgIpc) is 2.76. The van der Waals surface area contributed by atoms with Crippen LogP contribution in [0.2, 0.25) is 5.02 Å². The number of carbonyl (C=O) groups is 1. The molecule has 29 heavy (non-hydrogen) atoms. The second-order valence-corrected chi connectivity index (χ2v) is 7.49. The number of hydrogen-bond acceptors (Lipinski definition) is 4. The van der Waals surface area contributed by atoms with Gasteiger partial charge in [-0.25, -0.2) is 4.79 Å². The Labute approximate surface area is 177 Å². The summed E-state index contributed by atoms with van der Waals surface area (Å²) in [6, 6.07) is 17.8. The average molecular weight is 417 g/mol. The largest absolute Gasteiger partial charge is 0.379 e. The maximum Gasteiger partial charge on any atom is 0.314 e. The molecule has 1 fully saturated rings. The quantitative estimate of drug-likeness (QED) is 0.694. The lowest BCUT2D eigenvalue weighted by molar-refractivity contribution is 0.0167. The molecule has 0 aliphatic carbocycles. The molecule has 0 saturated carbocycles. The SMILES string of the molecule is CN(CCNC(=O)NCC(c1ccccc1Cl)N1CCOCC1)c1ccccc1. The van der Waals surface area contributed by atoms with Gasteiger partial charge >= 0.3 is 6.03 Å². The highest BCUT2D eigenvalue weighted by Crippen LogP contribution is 2.27. The van der Waals surface area contributed by atoms with Gasteiger partial charge in [0.05, 0.1) is 19.3 Å². The number of morpholine rings is 1. The van der Waals surface area contributed by atoms with Crippen molar-refractivity contribution in [1.29, 1.82) is 0 Å². The minimum atomic E-state index is -0.170. The lowest BCUT2D eigenvalue weighted by Gasteiger charge is -2.35. The van der Waals surface area contributed by atoms with Gasteiger partial charge in [0, 0.05) is 50.5 Å². The van der Waals surface area contributed by atoms with E-state index in [0.717, 1.165) is 35.9 Å². The first kappa shape index (κ1) is 21.4. The summed E-state index contributed by atoms with van der Waals surface area (Å²) in [5.74, 6) is 0. The Hall–Kier alpha value is -2.28. The second kappa shape index (κ2) is 11.0. The molecule has 1 aliphatic heterocycles. The van der Waals surface area contributed by atoms with E-state index in [4.69, 9.17) is 16.3 Å². The molecule has 2 aromatic rings. The standard InChI is InChI=1S/C22H29ClN4O2/c1-26(18-7-3-2-4-8-18)12-11-24-22(28)25-17-21(27-13-15-29-16-14-27)19-9-5-6-10-20(19)23/h2-10,21H,11-17H2,1H3,(H2,24,25,28). The molecular formula is C22H29ClN4O2. The summed E-state index contributed by atoms with van der Waals surface area (Å²) in [5, 5.41) is 6.67. The van der Waals surface area contributed by atoms with Crippen LogP contribution in [-0.2, 0) is 4.74 Å². The number of para-hydroxylation sites is 1. The van der Waals surface area contributed by atoms with Crippen molar-refractivity contribution >= 4 is 23.3 Å². The summed E-state index contributed by atoms with van der Waals surface area (Å²) in [6.45, 7) is 4.81. The zero-order chi connectivity index (χ0) is 20.5. The summed E-state index contributed by atoms with van der Waals surface area (Å²) in [4.78, 5) is 16.8. The fraction of sp³-hybridized carbons (Fsp3) is 0.409. The van der Waals surface area contributed by atoms with E-state index in [-0.39, 0.29) is 12.1 Å². The van der Waals surface area contributed by atoms with Gasteiger partial charge in [-0.3, -0.25) is 4.90 Å². The topological polar surface area (TPSA) is 56.8 Å². The number of benzene rings is 2. The zero-order valence-electron chi connectivity index (χ0n) is 16.8. The van der Waals surface area contributed by atoms with Crippen molar-refractivity contribution in [2.75, 3.05) is 57.9 Å². The maximum absolute atomic E-state index is 12.3. The molecule has 2 N–H and O–H groups in total. The highest BCUT2D eigenvalue weighted by Gasteiger charge is 2.24. The number of nitrogens with zero attached hydrogens (tertiary/aromatic N) is 2. The van der Waals surface area contributed by atoms with Crippen LogP contribution in [0.1, 0.15) is 11.6 Å². The van der Waals surface area contributed by atoms with E-state index in [9.17, 15) is 4.79 Å². The molecule has 1 heterocycles. The third-order valence-corrected chi connectivity index (χ3v) is 5.48. The first-order chi connectivity index (χ1) is 14.1. The molecule has 0 aromatic heterocycles. The molecule has 0 radical (unpaired) electrons. The smallest absolute Gasteiger partial charge is 0.314 e. The highest BCUT2D eigenvalue weighted by atomic mass is 35.5. The maximum atomic E-state index is 12.3. The highest BCUT2D eigenvalue weighted by molar-refractivity contribution is 6.31. The van der Waals surface area contributed by atoms with Crippen LogP contribution in [0.25, 0.3) is 0 Å². The summed E-state index contributed by atoms with van der Waals surface area (Å²) >= 11 is 6.44. The van der Waals surface area contributed by atoms with E-state index in [2.05, 4.69) is 32.6 Å². The van der Waals surface area contributed by atoms with Gasteiger partial charge in [-0.2, -0.15) is 0 Å². The molecule has 1 saturated heterocycles. The number of halogens is 1. The van der Waals surface area contributed by atoms with Crippen molar-refractivity contribution in [3.63, 3.8) is 0 Å². The molecule has 0 spiro atoms. The van der Waals surface area contributed by atoms with Crippen LogP contribution < -0.4 is 15.5 Å². The molecular weight excluding hydrogens is 388 g/mol. The number of rotatable bonds is 8. The third-order valence-electron chi connectivity index (χ3n) is 5.14. The Morgan fingerprint density at radius 2 is 1.79 bits per heavy atom. The van der Waals surface area contributed by atoms with Crippen molar-refractivity contribution in [1.82, 2.24) is 15.5 Å². The van der Waals surface area contributed by atoms with Crippen molar-refractivity contribution in [3.8, 4) is 0 Å². The summed E-state index contributed by atoms with van der Waals surface area (Å²) < 4.78 is 5.47. The number of likely N-dealkylation sites (N-methyl/N-ethyl adjacent to an activating group) is 1. The van der Waals surface area contributed by atoms with Gasteiger partial charge in [-0.15, -0.1) is 0 Å². The molecule has 7 heteroatoms. The predicted octanol–water partition coefficient (Wildman–Crippen LogP) is 3.15. The van der Waals surface area contributed by atoms with Crippen LogP contribution >= 0.6 is 11.6 Å². The Bertz CT molecular complexity index is 768. The van der Waals surface area contributed by atoms with Crippen LogP contribution in [0.3, 0.4) is 0 Å². The van der Waals surface area contributed by atoms with Gasteiger partial charge in [0.25, 0.3) is 0 Å². The molecule has 6 nitrogen and oxygen atoms in total. The fourth-order valence-electron chi connectivity index (χ4n) is 3.47. The van der Waals surface area contributed by atoms with E-state index in [1.54, 1.807) is 0 Å². The van der Waals surface area contributed by atoms with Crippen molar-refractivity contribution < 1.29 is 9.53 Å². The normalized spacial score (nSPS) is 15.5. The molecule has 3 rings (SSSR count). The molecule has 2 amide bonds. The zero-order valence-corrected chi connectivity index (χ0v) is 17.6. The van der Waals surface area contributed by atoms with Crippen LogP contribution in [0.15, 0.2) is 54.6 Å². The van der Waals surface area contributed by atoms with Crippen LogP contribution in [-0.4, -0.2) is 63.9 Å². The van der Waals surface area contributed by atoms with Crippen molar-refractivity contribution in [2.45, 2.75) is 6.04 Å². The lowest BCUT2D eigenvalue weighted by Crippen LogP contribution is -2.46. The number of amides is 2. The van der Waals surface area contributed by atoms with Gasteiger partial charge in [0.1, 0.15) is 0 Å². The van der Waals surface area contributed by atoms with Gasteiger partial charge in [0.15, 0.2) is 0 Å². The number of anilines is 1. The summed E-state index contributed by atoms with van der Waals surface area (Å²) in [5.41, 5.74) is 2.15. The van der Waals surface area contributed by atoms with Crippen molar-refractivity contribution in [2.24, 2.45) is 0 Å². The van der Waals surface area contributed by atoms with E-state index in [1.807, 2.05) is 49.5 Å².